The highest BCUT2D eigenvalue weighted by Gasteiger charge is 2.39. The van der Waals surface area contributed by atoms with Crippen molar-refractivity contribution in [3.63, 3.8) is 0 Å². The molecule has 0 N–H and O–H groups in total. The Bertz CT molecular complexity index is 452. The van der Waals surface area contributed by atoms with E-state index < -0.39 is 6.09 Å². The zero-order valence-electron chi connectivity index (χ0n) is 11.3. The van der Waals surface area contributed by atoms with Gasteiger partial charge in [0.1, 0.15) is 0 Å². The van der Waals surface area contributed by atoms with Crippen molar-refractivity contribution in [1.29, 1.82) is 0 Å². The number of ether oxygens (including phenoxy) is 1. The van der Waals surface area contributed by atoms with E-state index in [9.17, 15) is 14.4 Å². The smallest absolute Gasteiger partial charge is 0.417 e. The fourth-order valence-corrected chi connectivity index (χ4v) is 2.96. The summed E-state index contributed by atoms with van der Waals surface area (Å²) in [5, 5.41) is 0. The largest absolute Gasteiger partial charge is 0.439 e. The van der Waals surface area contributed by atoms with Crippen molar-refractivity contribution < 1.29 is 19.1 Å². The molecule has 0 radical (unpaired) electrons. The number of amides is 3. The average Bonchev–Trinajstić information content (AvgIpc) is 2.73. The van der Waals surface area contributed by atoms with E-state index in [-0.39, 0.29) is 30.3 Å². The Kier molecular flexibility index (Phi) is 3.46. The van der Waals surface area contributed by atoms with Crippen molar-refractivity contribution in [2.75, 3.05) is 26.2 Å². The Labute approximate surface area is 117 Å². The van der Waals surface area contributed by atoms with Crippen LogP contribution in [0.4, 0.5) is 4.79 Å². The fraction of sp³-hybridized carbons (Fsp3) is 0.643. The number of allylic oxidation sites excluding steroid dienone is 2. The van der Waals surface area contributed by atoms with Gasteiger partial charge in [0.05, 0.1) is 0 Å². The molecule has 0 aromatic carbocycles. The summed E-state index contributed by atoms with van der Waals surface area (Å²) in [6.07, 6.45) is 6.36. The van der Waals surface area contributed by atoms with E-state index >= 15 is 0 Å². The molecule has 1 aliphatic carbocycles. The van der Waals surface area contributed by atoms with Crippen molar-refractivity contribution in [3.8, 4) is 0 Å². The third kappa shape index (κ3) is 2.42. The van der Waals surface area contributed by atoms with E-state index in [0.717, 1.165) is 24.2 Å². The van der Waals surface area contributed by atoms with Crippen LogP contribution in [0.3, 0.4) is 0 Å². The van der Waals surface area contributed by atoms with Crippen LogP contribution in [0, 0.1) is 11.8 Å². The summed E-state index contributed by atoms with van der Waals surface area (Å²) in [4.78, 5) is 37.9. The van der Waals surface area contributed by atoms with Crippen LogP contribution in [0.1, 0.15) is 19.3 Å². The van der Waals surface area contributed by atoms with Crippen molar-refractivity contribution >= 4 is 17.9 Å². The number of cyclic esters (lactones) is 1. The summed E-state index contributed by atoms with van der Waals surface area (Å²) in [6.45, 7) is 1.49. The number of carbonyl (C=O) groups excluding carboxylic acids is 3. The summed E-state index contributed by atoms with van der Waals surface area (Å²) in [7, 11) is 0. The lowest BCUT2D eigenvalue weighted by Crippen LogP contribution is -2.55. The van der Waals surface area contributed by atoms with Gasteiger partial charge >= 0.3 is 6.09 Å². The second-order valence-electron chi connectivity index (χ2n) is 5.65. The number of nitrogens with zero attached hydrogens (tertiary/aromatic N) is 2. The fourth-order valence-electron chi connectivity index (χ4n) is 2.96. The molecule has 0 aromatic heterocycles. The number of hydrogen-bond donors (Lipinski definition) is 0. The van der Waals surface area contributed by atoms with Crippen LogP contribution in [-0.4, -0.2) is 53.9 Å². The zero-order valence-corrected chi connectivity index (χ0v) is 11.3. The van der Waals surface area contributed by atoms with E-state index in [1.54, 1.807) is 0 Å². The molecular formula is C14H18N2O4. The standard InChI is InChI=1S/C14H18N2O4/c17-12-9-20-14(19)16(12)8-10-6-15(7-10)13(18)11-4-2-1-3-5-11/h1-2,10-11H,3-9H2. The summed E-state index contributed by atoms with van der Waals surface area (Å²) in [5.74, 6) is 0.227. The van der Waals surface area contributed by atoms with Gasteiger partial charge in [-0.25, -0.2) is 9.69 Å². The lowest BCUT2D eigenvalue weighted by atomic mass is 9.90. The summed E-state index contributed by atoms with van der Waals surface area (Å²) < 4.78 is 4.67. The van der Waals surface area contributed by atoms with Crippen molar-refractivity contribution in [2.24, 2.45) is 11.8 Å². The lowest BCUT2D eigenvalue weighted by Gasteiger charge is -2.42. The van der Waals surface area contributed by atoms with E-state index in [1.807, 2.05) is 4.90 Å². The Balaban J connectivity index is 1.46. The van der Waals surface area contributed by atoms with Crippen LogP contribution in [0.5, 0.6) is 0 Å². The molecule has 1 atom stereocenters. The molecular weight excluding hydrogens is 260 g/mol. The SMILES string of the molecule is O=C(C1CC=CCC1)N1CC(CN2C(=O)COC2=O)C1. The Hall–Kier alpha value is -1.85. The minimum Gasteiger partial charge on any atom is -0.439 e. The molecule has 1 unspecified atom stereocenters. The molecule has 20 heavy (non-hydrogen) atoms. The van der Waals surface area contributed by atoms with Crippen LogP contribution in [0.2, 0.25) is 0 Å². The van der Waals surface area contributed by atoms with Crippen molar-refractivity contribution in [2.45, 2.75) is 19.3 Å². The molecule has 0 saturated carbocycles. The Morgan fingerprint density at radius 1 is 1.30 bits per heavy atom. The normalized spacial score (nSPS) is 26.7. The van der Waals surface area contributed by atoms with E-state index in [4.69, 9.17) is 0 Å². The van der Waals surface area contributed by atoms with Gasteiger partial charge in [-0.3, -0.25) is 9.59 Å². The Morgan fingerprint density at radius 2 is 2.10 bits per heavy atom. The summed E-state index contributed by atoms with van der Waals surface area (Å²) in [5.41, 5.74) is 0. The van der Waals surface area contributed by atoms with Gasteiger partial charge in [0.25, 0.3) is 5.91 Å². The Morgan fingerprint density at radius 3 is 2.70 bits per heavy atom. The summed E-state index contributed by atoms with van der Waals surface area (Å²) in [6, 6.07) is 0. The summed E-state index contributed by atoms with van der Waals surface area (Å²) >= 11 is 0. The van der Waals surface area contributed by atoms with Gasteiger partial charge in [-0.2, -0.15) is 0 Å². The predicted molar refractivity (Wildman–Crippen MR) is 69.6 cm³/mol. The minimum atomic E-state index is -0.558. The van der Waals surface area contributed by atoms with Crippen LogP contribution >= 0.6 is 0 Å². The second-order valence-corrected chi connectivity index (χ2v) is 5.65. The average molecular weight is 278 g/mol. The van der Waals surface area contributed by atoms with E-state index in [0.29, 0.717) is 19.6 Å². The van der Waals surface area contributed by atoms with Gasteiger partial charge < -0.3 is 9.64 Å². The van der Waals surface area contributed by atoms with E-state index in [2.05, 4.69) is 16.9 Å². The van der Waals surface area contributed by atoms with E-state index in [1.165, 1.54) is 0 Å². The first-order valence-electron chi connectivity index (χ1n) is 7.06. The molecule has 3 amide bonds. The maximum Gasteiger partial charge on any atom is 0.417 e. The quantitative estimate of drug-likeness (QED) is 0.715. The number of carbonyl (C=O) groups is 3. The molecule has 2 aliphatic heterocycles. The van der Waals surface area contributed by atoms with Gasteiger partial charge in [0, 0.05) is 31.5 Å². The van der Waals surface area contributed by atoms with Crippen LogP contribution in [0.25, 0.3) is 0 Å². The van der Waals surface area contributed by atoms with Crippen LogP contribution in [-0.2, 0) is 14.3 Å². The molecule has 3 aliphatic rings. The highest BCUT2D eigenvalue weighted by molar-refractivity contribution is 5.97. The van der Waals surface area contributed by atoms with Crippen LogP contribution in [0.15, 0.2) is 12.2 Å². The van der Waals surface area contributed by atoms with Gasteiger partial charge in [-0.15, -0.1) is 0 Å². The monoisotopic (exact) mass is 278 g/mol. The molecule has 0 bridgehead atoms. The van der Waals surface area contributed by atoms with Gasteiger partial charge in [0.15, 0.2) is 6.61 Å². The molecule has 6 heteroatoms. The second kappa shape index (κ2) is 5.26. The molecule has 3 rings (SSSR count). The first kappa shape index (κ1) is 13.1. The van der Waals surface area contributed by atoms with Gasteiger partial charge in [-0.05, 0) is 19.3 Å². The molecule has 2 saturated heterocycles. The predicted octanol–water partition coefficient (Wildman–Crippen LogP) is 0.780. The molecule has 108 valence electrons. The molecule has 6 nitrogen and oxygen atoms in total. The highest BCUT2D eigenvalue weighted by Crippen LogP contribution is 2.26. The maximum atomic E-state index is 12.2. The first-order valence-corrected chi connectivity index (χ1v) is 7.06. The molecule has 0 spiro atoms. The molecule has 2 fully saturated rings. The number of rotatable bonds is 3. The van der Waals surface area contributed by atoms with Crippen molar-refractivity contribution in [3.05, 3.63) is 12.2 Å². The molecule has 0 aromatic rings. The molecule has 2 heterocycles. The van der Waals surface area contributed by atoms with Crippen molar-refractivity contribution in [1.82, 2.24) is 9.80 Å². The third-order valence-corrected chi connectivity index (χ3v) is 4.17. The highest BCUT2D eigenvalue weighted by atomic mass is 16.6. The van der Waals surface area contributed by atoms with Gasteiger partial charge in [-0.1, -0.05) is 12.2 Å². The minimum absolute atomic E-state index is 0.110. The number of hydrogen-bond acceptors (Lipinski definition) is 4. The third-order valence-electron chi connectivity index (χ3n) is 4.17. The first-order chi connectivity index (χ1) is 9.65. The zero-order chi connectivity index (χ0) is 14.1. The topological polar surface area (TPSA) is 66.9 Å². The van der Waals surface area contributed by atoms with Gasteiger partial charge in [0.2, 0.25) is 5.91 Å². The number of imide groups is 1. The number of likely N-dealkylation sites (tertiary alicyclic amines) is 1. The van der Waals surface area contributed by atoms with Crippen LogP contribution < -0.4 is 0 Å². The maximum absolute atomic E-state index is 12.2. The lowest BCUT2D eigenvalue weighted by molar-refractivity contribution is -0.142.